The molecule has 5 nitrogen and oxygen atoms in total. The van der Waals surface area contributed by atoms with Crippen LogP contribution in [0.25, 0.3) is 0 Å². The van der Waals surface area contributed by atoms with Gasteiger partial charge in [-0.1, -0.05) is 48.0 Å². The monoisotopic (exact) mass is 441 g/mol. The van der Waals surface area contributed by atoms with Crippen LogP contribution in [0.5, 0.6) is 0 Å². The molecule has 0 bridgehead atoms. The second-order valence-corrected chi connectivity index (χ2v) is 8.93. The summed E-state index contributed by atoms with van der Waals surface area (Å²) in [6, 6.07) is 19.7. The third-order valence-electron chi connectivity index (χ3n) is 6.26. The molecule has 1 saturated heterocycles. The largest absolute Gasteiger partial charge is 0.324 e. The SMILES string of the molecule is Cc1ccc(C)c(CN2CCCN(c3ccc(C)cc3NC(=O)c3ccccc3C)C2=O)c1. The van der Waals surface area contributed by atoms with Crippen molar-refractivity contribution >= 4 is 23.3 Å². The van der Waals surface area contributed by atoms with Crippen molar-refractivity contribution in [2.24, 2.45) is 0 Å². The normalized spacial score (nSPS) is 13.9. The Hall–Kier alpha value is -3.60. The van der Waals surface area contributed by atoms with Crippen molar-refractivity contribution in [3.63, 3.8) is 0 Å². The lowest BCUT2D eigenvalue weighted by Gasteiger charge is -2.37. The molecule has 0 aliphatic carbocycles. The Morgan fingerprint density at radius 2 is 1.61 bits per heavy atom. The summed E-state index contributed by atoms with van der Waals surface area (Å²) in [6.45, 7) is 9.99. The summed E-state index contributed by atoms with van der Waals surface area (Å²) in [5, 5.41) is 3.06. The summed E-state index contributed by atoms with van der Waals surface area (Å²) in [7, 11) is 0. The van der Waals surface area contributed by atoms with Gasteiger partial charge in [-0.3, -0.25) is 9.69 Å². The van der Waals surface area contributed by atoms with Crippen LogP contribution in [0, 0.1) is 27.7 Å². The Morgan fingerprint density at radius 3 is 2.39 bits per heavy atom. The van der Waals surface area contributed by atoms with Gasteiger partial charge >= 0.3 is 6.03 Å². The third kappa shape index (κ3) is 4.92. The number of hydrogen-bond donors (Lipinski definition) is 1. The molecular weight excluding hydrogens is 410 g/mol. The second-order valence-electron chi connectivity index (χ2n) is 8.93. The first-order valence-electron chi connectivity index (χ1n) is 11.4. The van der Waals surface area contributed by atoms with Crippen molar-refractivity contribution in [1.82, 2.24) is 4.90 Å². The van der Waals surface area contributed by atoms with E-state index in [1.165, 1.54) is 16.7 Å². The Morgan fingerprint density at radius 1 is 0.879 bits per heavy atom. The maximum atomic E-state index is 13.5. The maximum absolute atomic E-state index is 13.5. The fourth-order valence-corrected chi connectivity index (χ4v) is 4.33. The van der Waals surface area contributed by atoms with Gasteiger partial charge in [0, 0.05) is 25.2 Å². The first-order valence-corrected chi connectivity index (χ1v) is 11.4. The number of benzene rings is 3. The van der Waals surface area contributed by atoms with Crippen molar-refractivity contribution in [1.29, 1.82) is 0 Å². The van der Waals surface area contributed by atoms with Crippen LogP contribution in [0.3, 0.4) is 0 Å². The number of anilines is 2. The number of hydrogen-bond acceptors (Lipinski definition) is 2. The molecule has 5 heteroatoms. The van der Waals surface area contributed by atoms with Gasteiger partial charge < -0.3 is 10.2 Å². The minimum atomic E-state index is -0.170. The van der Waals surface area contributed by atoms with E-state index in [4.69, 9.17) is 0 Å². The molecule has 4 rings (SSSR count). The van der Waals surface area contributed by atoms with Crippen LogP contribution >= 0.6 is 0 Å². The minimum absolute atomic E-state index is 0.0302. The molecule has 33 heavy (non-hydrogen) atoms. The van der Waals surface area contributed by atoms with E-state index in [0.717, 1.165) is 29.8 Å². The molecule has 0 aromatic heterocycles. The lowest BCUT2D eigenvalue weighted by Crippen LogP contribution is -2.49. The first-order chi connectivity index (χ1) is 15.8. The number of urea groups is 1. The number of carbonyl (C=O) groups excluding carboxylic acids is 2. The Bertz CT molecular complexity index is 1200. The molecule has 1 heterocycles. The highest BCUT2D eigenvalue weighted by Crippen LogP contribution is 2.31. The van der Waals surface area contributed by atoms with Gasteiger partial charge in [-0.15, -0.1) is 0 Å². The fourth-order valence-electron chi connectivity index (χ4n) is 4.33. The minimum Gasteiger partial charge on any atom is -0.320 e. The Labute approximate surface area is 196 Å². The van der Waals surface area contributed by atoms with E-state index in [1.807, 2.05) is 61.2 Å². The van der Waals surface area contributed by atoms with Crippen molar-refractivity contribution < 1.29 is 9.59 Å². The molecule has 3 aromatic carbocycles. The number of carbonyl (C=O) groups is 2. The van der Waals surface area contributed by atoms with Crippen LogP contribution in [0.2, 0.25) is 0 Å². The van der Waals surface area contributed by atoms with Crippen LogP contribution < -0.4 is 10.2 Å². The maximum Gasteiger partial charge on any atom is 0.324 e. The van der Waals surface area contributed by atoms with Gasteiger partial charge in [0.15, 0.2) is 0 Å². The van der Waals surface area contributed by atoms with Gasteiger partial charge in [-0.2, -0.15) is 0 Å². The first kappa shape index (κ1) is 22.6. The molecule has 0 saturated carbocycles. The predicted molar refractivity (Wildman–Crippen MR) is 134 cm³/mol. The molecule has 0 unspecified atom stereocenters. The topological polar surface area (TPSA) is 52.6 Å². The molecule has 3 amide bonds. The van der Waals surface area contributed by atoms with E-state index >= 15 is 0 Å². The lowest BCUT2D eigenvalue weighted by molar-refractivity contribution is 0.102. The average Bonchev–Trinajstić information content (AvgIpc) is 2.78. The number of rotatable bonds is 5. The van der Waals surface area contributed by atoms with Crippen molar-refractivity contribution in [3.8, 4) is 0 Å². The zero-order valence-electron chi connectivity index (χ0n) is 19.8. The molecule has 1 aliphatic heterocycles. The standard InChI is InChI=1S/C28H31N3O2/c1-19-10-12-21(3)23(16-19)18-30-14-7-15-31(28(30)33)26-13-11-20(2)17-25(26)29-27(32)24-9-6-5-8-22(24)4/h5-6,8-13,16-17H,7,14-15,18H2,1-4H3,(H,29,32). The predicted octanol–water partition coefficient (Wildman–Crippen LogP) is 6.00. The van der Waals surface area contributed by atoms with Crippen LogP contribution in [0.15, 0.2) is 60.7 Å². The molecule has 170 valence electrons. The summed E-state index contributed by atoms with van der Waals surface area (Å²) in [5.41, 5.74) is 7.51. The summed E-state index contributed by atoms with van der Waals surface area (Å²) in [6.07, 6.45) is 0.871. The number of amides is 3. The van der Waals surface area contributed by atoms with Crippen LogP contribution in [0.1, 0.15) is 44.6 Å². The molecular formula is C28H31N3O2. The molecule has 0 atom stereocenters. The van der Waals surface area contributed by atoms with Crippen LogP contribution in [-0.2, 0) is 6.54 Å². The second kappa shape index (κ2) is 9.49. The van der Waals surface area contributed by atoms with Crippen LogP contribution in [0.4, 0.5) is 16.2 Å². The van der Waals surface area contributed by atoms with E-state index in [2.05, 4.69) is 37.4 Å². The lowest BCUT2D eigenvalue weighted by atomic mass is 10.0. The van der Waals surface area contributed by atoms with Gasteiger partial charge in [0.25, 0.3) is 5.91 Å². The molecule has 0 spiro atoms. The van der Waals surface area contributed by atoms with E-state index in [1.54, 1.807) is 4.90 Å². The van der Waals surface area contributed by atoms with E-state index in [-0.39, 0.29) is 11.9 Å². The van der Waals surface area contributed by atoms with E-state index in [0.29, 0.717) is 24.3 Å². The Kier molecular flexibility index (Phi) is 6.50. The van der Waals surface area contributed by atoms with Crippen molar-refractivity contribution in [2.75, 3.05) is 23.3 Å². The van der Waals surface area contributed by atoms with Gasteiger partial charge in [0.2, 0.25) is 0 Å². The van der Waals surface area contributed by atoms with Crippen molar-refractivity contribution in [3.05, 3.63) is 94.0 Å². The molecule has 0 radical (unpaired) electrons. The highest BCUT2D eigenvalue weighted by atomic mass is 16.2. The summed E-state index contributed by atoms with van der Waals surface area (Å²) >= 11 is 0. The highest BCUT2D eigenvalue weighted by Gasteiger charge is 2.29. The highest BCUT2D eigenvalue weighted by molar-refractivity contribution is 6.08. The molecule has 3 aromatic rings. The van der Waals surface area contributed by atoms with Crippen LogP contribution in [-0.4, -0.2) is 29.9 Å². The average molecular weight is 442 g/mol. The molecule has 1 aliphatic rings. The molecule has 1 fully saturated rings. The van der Waals surface area contributed by atoms with E-state index < -0.39 is 0 Å². The summed E-state index contributed by atoms with van der Waals surface area (Å²) in [5.74, 6) is -0.170. The number of nitrogens with one attached hydrogen (secondary N) is 1. The quantitative estimate of drug-likeness (QED) is 0.528. The summed E-state index contributed by atoms with van der Waals surface area (Å²) in [4.78, 5) is 30.2. The smallest absolute Gasteiger partial charge is 0.320 e. The third-order valence-corrected chi connectivity index (χ3v) is 6.26. The van der Waals surface area contributed by atoms with Gasteiger partial charge in [-0.05, 0) is 74.6 Å². The fraction of sp³-hybridized carbons (Fsp3) is 0.286. The van der Waals surface area contributed by atoms with Gasteiger partial charge in [0.05, 0.1) is 11.4 Å². The van der Waals surface area contributed by atoms with Crippen molar-refractivity contribution in [2.45, 2.75) is 40.7 Å². The Balaban J connectivity index is 1.60. The number of nitrogens with zero attached hydrogens (tertiary/aromatic N) is 2. The zero-order chi connectivity index (χ0) is 23.5. The van der Waals surface area contributed by atoms with Gasteiger partial charge in [0.1, 0.15) is 0 Å². The number of aryl methyl sites for hydroxylation is 4. The van der Waals surface area contributed by atoms with Gasteiger partial charge in [-0.25, -0.2) is 4.79 Å². The van der Waals surface area contributed by atoms with E-state index in [9.17, 15) is 9.59 Å². The zero-order valence-corrected chi connectivity index (χ0v) is 19.8. The molecule has 1 N–H and O–H groups in total. The summed E-state index contributed by atoms with van der Waals surface area (Å²) < 4.78 is 0.